The van der Waals surface area contributed by atoms with Gasteiger partial charge in [0.1, 0.15) is 0 Å². The molecule has 4 heterocycles. The number of carbonyl (C=O) groups is 2. The lowest BCUT2D eigenvalue weighted by molar-refractivity contribution is -0.126. The third kappa shape index (κ3) is 2.80. The highest BCUT2D eigenvalue weighted by Crippen LogP contribution is 2.26. The van der Waals surface area contributed by atoms with Crippen LogP contribution in [0.3, 0.4) is 0 Å². The molecule has 142 valence electrons. The van der Waals surface area contributed by atoms with E-state index in [4.69, 9.17) is 0 Å². The Balaban J connectivity index is 1.38. The molecule has 28 heavy (non-hydrogen) atoms. The van der Waals surface area contributed by atoms with Crippen molar-refractivity contribution < 1.29 is 9.59 Å². The minimum atomic E-state index is -0.484. The first kappa shape index (κ1) is 16.8. The van der Waals surface area contributed by atoms with Gasteiger partial charge in [-0.1, -0.05) is 12.1 Å². The molecule has 9 nitrogen and oxygen atoms in total. The van der Waals surface area contributed by atoms with E-state index in [1.54, 1.807) is 17.1 Å². The van der Waals surface area contributed by atoms with E-state index >= 15 is 0 Å². The van der Waals surface area contributed by atoms with Gasteiger partial charge < -0.3 is 0 Å². The summed E-state index contributed by atoms with van der Waals surface area (Å²) in [4.78, 5) is 36.9. The molecule has 3 amide bonds. The molecule has 1 N–H and O–H groups in total. The average Bonchev–Trinajstić information content (AvgIpc) is 3.39. The second kappa shape index (κ2) is 6.38. The molecule has 0 radical (unpaired) electrons. The number of urea groups is 1. The molecule has 2 aromatic heterocycles. The summed E-state index contributed by atoms with van der Waals surface area (Å²) >= 11 is 0. The van der Waals surface area contributed by atoms with Gasteiger partial charge in [0.05, 0.1) is 24.4 Å². The van der Waals surface area contributed by atoms with Crippen LogP contribution in [0.15, 0.2) is 36.8 Å². The lowest BCUT2D eigenvalue weighted by Crippen LogP contribution is -2.38. The molecule has 1 aromatic carbocycles. The summed E-state index contributed by atoms with van der Waals surface area (Å²) in [5.74, 6) is 0.0374. The van der Waals surface area contributed by atoms with Crippen molar-refractivity contribution in [3.63, 3.8) is 0 Å². The molecule has 1 atom stereocenters. The summed E-state index contributed by atoms with van der Waals surface area (Å²) in [6.07, 6.45) is 7.19. The van der Waals surface area contributed by atoms with Gasteiger partial charge >= 0.3 is 6.03 Å². The lowest BCUT2D eigenvalue weighted by Gasteiger charge is -2.15. The minimum Gasteiger partial charge on any atom is -0.276 e. The number of hydrogen-bond donors (Lipinski definition) is 1. The molecule has 0 bridgehead atoms. The number of anilines is 1. The summed E-state index contributed by atoms with van der Waals surface area (Å²) in [6, 6.07) is 5.20. The third-order valence-corrected chi connectivity index (χ3v) is 5.32. The molecule has 2 aliphatic heterocycles. The van der Waals surface area contributed by atoms with Gasteiger partial charge in [0.25, 0.3) is 0 Å². The average molecular weight is 377 g/mol. The molecule has 1 unspecified atom stereocenters. The largest absolute Gasteiger partial charge is 0.332 e. The van der Waals surface area contributed by atoms with Gasteiger partial charge in [0, 0.05) is 36.9 Å². The van der Waals surface area contributed by atoms with Gasteiger partial charge in [-0.3, -0.25) is 19.7 Å². The van der Waals surface area contributed by atoms with Crippen LogP contribution in [0.2, 0.25) is 0 Å². The van der Waals surface area contributed by atoms with Crippen molar-refractivity contribution in [1.29, 1.82) is 0 Å². The molecule has 9 heteroatoms. The van der Waals surface area contributed by atoms with Crippen molar-refractivity contribution in [2.24, 2.45) is 7.05 Å². The van der Waals surface area contributed by atoms with Crippen molar-refractivity contribution in [3.8, 4) is 11.1 Å². The number of rotatable bonds is 2. The molecule has 3 aromatic rings. The number of aromatic nitrogens is 4. The van der Waals surface area contributed by atoms with Crippen LogP contribution in [0.5, 0.6) is 0 Å². The van der Waals surface area contributed by atoms with E-state index in [1.807, 2.05) is 36.3 Å². The topological polar surface area (TPSA) is 96.2 Å². The Bertz CT molecular complexity index is 1090. The lowest BCUT2D eigenvalue weighted by atomic mass is 10.1. The van der Waals surface area contributed by atoms with E-state index in [-0.39, 0.29) is 17.9 Å². The Morgan fingerprint density at radius 1 is 1.25 bits per heavy atom. The number of hydrogen-bond acceptors (Lipinski definition) is 6. The van der Waals surface area contributed by atoms with E-state index < -0.39 is 6.03 Å². The molecule has 2 saturated heterocycles. The zero-order valence-electron chi connectivity index (χ0n) is 15.4. The van der Waals surface area contributed by atoms with Crippen LogP contribution >= 0.6 is 0 Å². The Labute approximate surface area is 161 Å². The number of carbonyl (C=O) groups excluding carboxylic acids is 2. The van der Waals surface area contributed by atoms with E-state index in [2.05, 4.69) is 20.4 Å². The number of nitrogens with one attached hydrogen (secondary N) is 1. The first-order chi connectivity index (χ1) is 13.6. The van der Waals surface area contributed by atoms with Crippen LogP contribution in [0.25, 0.3) is 22.0 Å². The smallest absolute Gasteiger partial charge is 0.276 e. The highest BCUT2D eigenvalue weighted by Gasteiger charge is 2.43. The van der Waals surface area contributed by atoms with Gasteiger partial charge in [-0.05, 0) is 24.5 Å². The van der Waals surface area contributed by atoms with Gasteiger partial charge in [-0.15, -0.1) is 0 Å². The second-order valence-electron chi connectivity index (χ2n) is 7.18. The van der Waals surface area contributed by atoms with Crippen molar-refractivity contribution in [2.45, 2.75) is 18.9 Å². The maximum Gasteiger partial charge on any atom is 0.332 e. The number of fused-ring (bicyclic) bond motifs is 2. The van der Waals surface area contributed by atoms with Crippen LogP contribution in [0, 0.1) is 0 Å². The van der Waals surface area contributed by atoms with Gasteiger partial charge in [-0.25, -0.2) is 19.7 Å². The van der Waals surface area contributed by atoms with E-state index in [0.717, 1.165) is 35.9 Å². The summed E-state index contributed by atoms with van der Waals surface area (Å²) in [7, 11) is 1.87. The fourth-order valence-electron chi connectivity index (χ4n) is 3.87. The number of benzene rings is 1. The standard InChI is InChI=1S/C19H19N7O2/c1-24-10-14(9-21-24)12-4-5-13-8-20-18(22-15(13)7-12)23-19(28)26-11-25-6-2-3-16(25)17(26)27/h4-5,7-10,16H,2-3,6,11H2,1H3,(H,20,22,23,28). The van der Waals surface area contributed by atoms with Crippen LogP contribution in [0.4, 0.5) is 10.7 Å². The molecule has 0 aliphatic carbocycles. The quantitative estimate of drug-likeness (QED) is 0.732. The summed E-state index contributed by atoms with van der Waals surface area (Å²) < 4.78 is 1.74. The number of nitrogens with zero attached hydrogens (tertiary/aromatic N) is 6. The predicted molar refractivity (Wildman–Crippen MR) is 102 cm³/mol. The second-order valence-corrected chi connectivity index (χ2v) is 7.18. The van der Waals surface area contributed by atoms with Crippen LogP contribution < -0.4 is 5.32 Å². The van der Waals surface area contributed by atoms with Crippen molar-refractivity contribution in [3.05, 3.63) is 36.8 Å². The molecule has 2 fully saturated rings. The zero-order valence-corrected chi connectivity index (χ0v) is 15.4. The summed E-state index contributed by atoms with van der Waals surface area (Å²) in [6.45, 7) is 1.18. The van der Waals surface area contributed by atoms with Crippen molar-refractivity contribution in [2.75, 3.05) is 18.5 Å². The number of aryl methyl sites for hydroxylation is 1. The minimum absolute atomic E-state index is 0.144. The van der Waals surface area contributed by atoms with Gasteiger partial charge in [0.15, 0.2) is 0 Å². The van der Waals surface area contributed by atoms with Crippen molar-refractivity contribution in [1.82, 2.24) is 29.5 Å². The number of imide groups is 1. The predicted octanol–water partition coefficient (Wildman–Crippen LogP) is 1.83. The van der Waals surface area contributed by atoms with Crippen LogP contribution in [0.1, 0.15) is 12.8 Å². The molecule has 5 rings (SSSR count). The Hall–Kier alpha value is -3.33. The van der Waals surface area contributed by atoms with E-state index in [1.165, 1.54) is 4.90 Å². The van der Waals surface area contributed by atoms with Gasteiger partial charge in [-0.2, -0.15) is 5.10 Å². The first-order valence-corrected chi connectivity index (χ1v) is 9.21. The van der Waals surface area contributed by atoms with E-state index in [9.17, 15) is 9.59 Å². The maximum absolute atomic E-state index is 12.6. The van der Waals surface area contributed by atoms with Crippen LogP contribution in [-0.2, 0) is 11.8 Å². The maximum atomic E-state index is 12.6. The SMILES string of the molecule is Cn1cc(-c2ccc3cnc(NC(=O)N4CN5CCCC5C4=O)nc3c2)cn1. The molecule has 2 aliphatic rings. The Morgan fingerprint density at radius 2 is 2.14 bits per heavy atom. The highest BCUT2D eigenvalue weighted by atomic mass is 16.2. The first-order valence-electron chi connectivity index (χ1n) is 9.21. The molecule has 0 spiro atoms. The normalized spacial score (nSPS) is 19.4. The summed E-state index contributed by atoms with van der Waals surface area (Å²) in [5.41, 5.74) is 2.67. The molecular weight excluding hydrogens is 358 g/mol. The molecule has 0 saturated carbocycles. The fourth-order valence-corrected chi connectivity index (χ4v) is 3.87. The highest BCUT2D eigenvalue weighted by molar-refractivity contribution is 6.03. The Morgan fingerprint density at radius 3 is 2.93 bits per heavy atom. The third-order valence-electron chi connectivity index (χ3n) is 5.32. The van der Waals surface area contributed by atoms with E-state index in [0.29, 0.717) is 12.2 Å². The van der Waals surface area contributed by atoms with Crippen LogP contribution in [-0.4, -0.2) is 60.7 Å². The Kier molecular flexibility index (Phi) is 3.83. The summed E-state index contributed by atoms with van der Waals surface area (Å²) in [5, 5.41) is 7.71. The fraction of sp³-hybridized carbons (Fsp3) is 0.316. The monoisotopic (exact) mass is 377 g/mol. The molecular formula is C19H19N7O2. The van der Waals surface area contributed by atoms with Gasteiger partial charge in [0.2, 0.25) is 11.9 Å². The zero-order chi connectivity index (χ0) is 19.3. The number of amides is 3. The van der Waals surface area contributed by atoms with Crippen molar-refractivity contribution >= 4 is 28.8 Å².